The number of nitrogen functional groups attached to an aromatic ring is 1. The lowest BCUT2D eigenvalue weighted by Crippen LogP contribution is -2.38. The van der Waals surface area contributed by atoms with Crippen LogP contribution >= 0.6 is 20.8 Å². The Hall–Kier alpha value is -3.09. The van der Waals surface area contributed by atoms with Crippen LogP contribution < -0.4 is 11.0 Å². The second-order valence-corrected chi connectivity index (χ2v) is 9.84. The molecule has 0 bridgehead atoms. The maximum Gasteiger partial charge on any atom is 0.255 e. The van der Waals surface area contributed by atoms with Gasteiger partial charge in [-0.3, -0.25) is 14.5 Å². The molecule has 1 amide bonds. The van der Waals surface area contributed by atoms with Gasteiger partial charge in [0.25, 0.3) is 5.91 Å². The minimum atomic E-state index is -0.252. The number of nitrogens with zero attached hydrogens (tertiary/aromatic N) is 6. The van der Waals surface area contributed by atoms with E-state index in [2.05, 4.69) is 29.3 Å². The summed E-state index contributed by atoms with van der Waals surface area (Å²) in [5.41, 5.74) is 8.95. The molecule has 0 aliphatic heterocycles. The lowest BCUT2D eigenvalue weighted by molar-refractivity contribution is 0.0620. The summed E-state index contributed by atoms with van der Waals surface area (Å²) in [6.45, 7) is 2.23. The fourth-order valence-corrected chi connectivity index (χ4v) is 4.65. The molecule has 1 aromatic carbocycles. The van der Waals surface area contributed by atoms with Crippen LogP contribution in [0.3, 0.4) is 0 Å². The molecule has 34 heavy (non-hydrogen) atoms. The number of benzene rings is 1. The summed E-state index contributed by atoms with van der Waals surface area (Å²) in [5, 5.41) is 6.73. The van der Waals surface area contributed by atoms with Crippen molar-refractivity contribution in [3.63, 3.8) is 0 Å². The molecule has 2 N–H and O–H groups in total. The van der Waals surface area contributed by atoms with Crippen molar-refractivity contribution in [1.82, 2.24) is 29.6 Å². The summed E-state index contributed by atoms with van der Waals surface area (Å²) in [5.74, 6) is 1.32. The quantitative estimate of drug-likeness (QED) is 0.412. The van der Waals surface area contributed by atoms with E-state index in [0.717, 1.165) is 40.3 Å². The van der Waals surface area contributed by atoms with Crippen LogP contribution in [0.1, 0.15) is 46.3 Å². The van der Waals surface area contributed by atoms with Crippen LogP contribution in [-0.4, -0.2) is 35.5 Å². The average molecular weight is 494 g/mol. The van der Waals surface area contributed by atoms with E-state index in [9.17, 15) is 4.79 Å². The average Bonchev–Trinajstić information content (AvgIpc) is 3.55. The second-order valence-electron chi connectivity index (χ2n) is 8.78. The van der Waals surface area contributed by atoms with E-state index < -0.39 is 0 Å². The SMILES string of the molecule is Cc1cc2cc(C(=O)N(Cc3ccc(Cl)cn3)C(c3ncn(C)n3)C3CC3)c(P)cc2nc1N. The Labute approximate surface area is 204 Å². The molecule has 1 saturated carbocycles. The summed E-state index contributed by atoms with van der Waals surface area (Å²) in [6, 6.07) is 9.11. The number of aryl methyl sites for hydroxylation is 2. The first kappa shape index (κ1) is 22.7. The van der Waals surface area contributed by atoms with Crippen LogP contribution in [0.15, 0.2) is 42.9 Å². The first-order valence-electron chi connectivity index (χ1n) is 11.0. The van der Waals surface area contributed by atoms with Crippen LogP contribution in [0.4, 0.5) is 5.82 Å². The Morgan fingerprint density at radius 1 is 1.29 bits per heavy atom. The third kappa shape index (κ3) is 4.48. The molecule has 4 aromatic rings. The van der Waals surface area contributed by atoms with E-state index >= 15 is 0 Å². The lowest BCUT2D eigenvalue weighted by atomic mass is 10.0. The number of nitrogens with two attached hydrogens (primary N) is 1. The van der Waals surface area contributed by atoms with Gasteiger partial charge in [-0.25, -0.2) is 9.97 Å². The van der Waals surface area contributed by atoms with E-state index in [4.69, 9.17) is 17.3 Å². The maximum atomic E-state index is 14.1. The number of amides is 1. The summed E-state index contributed by atoms with van der Waals surface area (Å²) in [4.78, 5) is 29.4. The van der Waals surface area contributed by atoms with E-state index in [1.165, 1.54) is 0 Å². The van der Waals surface area contributed by atoms with Gasteiger partial charge in [0.05, 0.1) is 28.8 Å². The highest BCUT2D eigenvalue weighted by molar-refractivity contribution is 7.27. The number of carbonyl (C=O) groups is 1. The topological polar surface area (TPSA) is 103 Å². The number of halogens is 1. The Balaban J connectivity index is 1.60. The summed E-state index contributed by atoms with van der Waals surface area (Å²) in [7, 11) is 4.50. The highest BCUT2D eigenvalue weighted by atomic mass is 35.5. The summed E-state index contributed by atoms with van der Waals surface area (Å²) in [6.07, 6.45) is 5.31. The molecular formula is C24H25ClN7OP. The van der Waals surface area contributed by atoms with Crippen LogP contribution in [0.2, 0.25) is 5.02 Å². The molecule has 1 aliphatic carbocycles. The standard InChI is InChI=1S/C24H25ClN7OP/c1-13-7-15-8-18(20(34)9-19(15)29-22(13)26)24(33)32(11-17-6-5-16(25)10-27-17)21(14-3-4-14)23-28-12-31(2)30-23/h5-10,12,14,21H,3-4,11,34H2,1-2H3,(H2,26,29). The highest BCUT2D eigenvalue weighted by Crippen LogP contribution is 2.44. The van der Waals surface area contributed by atoms with Crippen LogP contribution in [0.25, 0.3) is 10.9 Å². The largest absolute Gasteiger partial charge is 0.383 e. The van der Waals surface area contributed by atoms with Gasteiger partial charge in [-0.05, 0) is 66.9 Å². The molecule has 2 atom stereocenters. The molecule has 5 rings (SSSR count). The molecule has 10 heteroatoms. The number of carbonyl (C=O) groups excluding carboxylic acids is 1. The maximum absolute atomic E-state index is 14.1. The predicted octanol–water partition coefficient (Wildman–Crippen LogP) is 3.60. The van der Waals surface area contributed by atoms with Crippen molar-refractivity contribution >= 4 is 48.8 Å². The van der Waals surface area contributed by atoms with Crippen molar-refractivity contribution in [2.24, 2.45) is 13.0 Å². The number of aromatic nitrogens is 5. The minimum Gasteiger partial charge on any atom is -0.383 e. The molecule has 0 spiro atoms. The third-order valence-electron chi connectivity index (χ3n) is 6.11. The molecule has 1 fully saturated rings. The molecule has 174 valence electrons. The zero-order chi connectivity index (χ0) is 24.0. The van der Waals surface area contributed by atoms with Crippen molar-refractivity contribution in [3.05, 3.63) is 70.5 Å². The second kappa shape index (κ2) is 8.93. The van der Waals surface area contributed by atoms with Crippen molar-refractivity contribution in [2.45, 2.75) is 32.4 Å². The van der Waals surface area contributed by atoms with E-state index in [1.807, 2.05) is 43.1 Å². The Bertz CT molecular complexity index is 1380. The van der Waals surface area contributed by atoms with Gasteiger partial charge in [-0.1, -0.05) is 11.6 Å². The van der Waals surface area contributed by atoms with Gasteiger partial charge in [0.15, 0.2) is 5.82 Å². The fraction of sp³-hybridized carbons (Fsp3) is 0.292. The van der Waals surface area contributed by atoms with Gasteiger partial charge in [0, 0.05) is 24.2 Å². The van der Waals surface area contributed by atoms with Crippen molar-refractivity contribution in [3.8, 4) is 0 Å². The van der Waals surface area contributed by atoms with Crippen LogP contribution in [-0.2, 0) is 13.6 Å². The van der Waals surface area contributed by atoms with Gasteiger partial charge in [-0.2, -0.15) is 5.10 Å². The number of hydrogen-bond donors (Lipinski definition) is 1. The zero-order valence-corrected chi connectivity index (χ0v) is 20.9. The van der Waals surface area contributed by atoms with Gasteiger partial charge in [0.1, 0.15) is 12.1 Å². The molecule has 0 radical (unpaired) electrons. The van der Waals surface area contributed by atoms with Gasteiger partial charge in [0.2, 0.25) is 0 Å². The fourth-order valence-electron chi connectivity index (χ4n) is 4.18. The number of fused-ring (bicyclic) bond motifs is 1. The Kier molecular flexibility index (Phi) is 5.96. The lowest BCUT2D eigenvalue weighted by Gasteiger charge is -2.31. The predicted molar refractivity (Wildman–Crippen MR) is 136 cm³/mol. The smallest absolute Gasteiger partial charge is 0.255 e. The molecule has 8 nitrogen and oxygen atoms in total. The number of hydrogen-bond acceptors (Lipinski definition) is 6. The first-order valence-corrected chi connectivity index (χ1v) is 12.0. The van der Waals surface area contributed by atoms with Gasteiger partial charge >= 0.3 is 0 Å². The molecular weight excluding hydrogens is 469 g/mol. The first-order chi connectivity index (χ1) is 16.3. The van der Waals surface area contributed by atoms with Crippen LogP contribution in [0.5, 0.6) is 0 Å². The van der Waals surface area contributed by atoms with Gasteiger partial charge < -0.3 is 10.6 Å². The summed E-state index contributed by atoms with van der Waals surface area (Å²) < 4.78 is 1.67. The zero-order valence-electron chi connectivity index (χ0n) is 18.9. The number of anilines is 1. The molecule has 0 saturated heterocycles. The monoisotopic (exact) mass is 493 g/mol. The van der Waals surface area contributed by atoms with Crippen molar-refractivity contribution < 1.29 is 4.79 Å². The summed E-state index contributed by atoms with van der Waals surface area (Å²) >= 11 is 6.05. The van der Waals surface area contributed by atoms with E-state index in [-0.39, 0.29) is 11.9 Å². The van der Waals surface area contributed by atoms with Crippen molar-refractivity contribution in [2.75, 3.05) is 5.73 Å². The minimum absolute atomic E-state index is 0.109. The highest BCUT2D eigenvalue weighted by Gasteiger charge is 2.41. The molecule has 3 aromatic heterocycles. The van der Waals surface area contributed by atoms with Crippen molar-refractivity contribution in [1.29, 1.82) is 0 Å². The number of rotatable bonds is 6. The van der Waals surface area contributed by atoms with Gasteiger partial charge in [-0.15, -0.1) is 9.24 Å². The molecule has 2 unspecified atom stereocenters. The van der Waals surface area contributed by atoms with E-state index in [0.29, 0.717) is 34.7 Å². The van der Waals surface area contributed by atoms with Crippen LogP contribution in [0, 0.1) is 12.8 Å². The third-order valence-corrected chi connectivity index (χ3v) is 6.82. The van der Waals surface area contributed by atoms with E-state index in [1.54, 1.807) is 23.3 Å². The number of pyridine rings is 2. The Morgan fingerprint density at radius 3 is 2.74 bits per heavy atom. The Morgan fingerprint density at radius 2 is 2.09 bits per heavy atom. The molecule has 3 heterocycles. The normalized spacial score (nSPS) is 14.4. The molecule has 1 aliphatic rings.